The van der Waals surface area contributed by atoms with Crippen molar-refractivity contribution in [3.63, 3.8) is 0 Å². The molecule has 26 heavy (non-hydrogen) atoms. The summed E-state index contributed by atoms with van der Waals surface area (Å²) in [4.78, 5) is 17.0. The summed E-state index contributed by atoms with van der Waals surface area (Å²) in [5, 5.41) is 4.66. The summed E-state index contributed by atoms with van der Waals surface area (Å²) in [6, 6.07) is 6.01. The number of carbonyl (C=O) groups is 1. The third kappa shape index (κ3) is 4.93. The molecule has 0 spiro atoms. The van der Waals surface area contributed by atoms with Crippen molar-refractivity contribution < 1.29 is 9.53 Å². The monoisotopic (exact) mass is 395 g/mol. The SMILES string of the molecule is COCCn1c(SCC(=O)NC2CCC(C)CC2)nc2cc(Cl)ccc21. The molecule has 7 heteroatoms. The first kappa shape index (κ1) is 19.5. The molecule has 1 aliphatic carbocycles. The fraction of sp³-hybridized carbons (Fsp3) is 0.579. The first-order chi connectivity index (χ1) is 12.6. The average Bonchev–Trinajstić information content (AvgIpc) is 2.96. The Morgan fingerprint density at radius 3 is 2.88 bits per heavy atom. The van der Waals surface area contributed by atoms with Crippen LogP contribution in [0.25, 0.3) is 11.0 Å². The number of halogens is 1. The number of ether oxygens (including phenoxy) is 1. The van der Waals surface area contributed by atoms with Crippen molar-refractivity contribution in [1.82, 2.24) is 14.9 Å². The van der Waals surface area contributed by atoms with Gasteiger partial charge in [0.1, 0.15) is 0 Å². The lowest BCUT2D eigenvalue weighted by atomic mass is 9.87. The van der Waals surface area contributed by atoms with Gasteiger partial charge in [-0.3, -0.25) is 4.79 Å². The van der Waals surface area contributed by atoms with E-state index < -0.39 is 0 Å². The van der Waals surface area contributed by atoms with Crippen LogP contribution in [-0.2, 0) is 16.1 Å². The summed E-state index contributed by atoms with van der Waals surface area (Å²) in [6.45, 7) is 3.57. The van der Waals surface area contributed by atoms with Gasteiger partial charge in [-0.2, -0.15) is 0 Å². The smallest absolute Gasteiger partial charge is 0.230 e. The van der Waals surface area contributed by atoms with Crippen LogP contribution < -0.4 is 5.32 Å². The van der Waals surface area contributed by atoms with E-state index in [0.29, 0.717) is 30.0 Å². The predicted molar refractivity (Wildman–Crippen MR) is 107 cm³/mol. The van der Waals surface area contributed by atoms with E-state index in [9.17, 15) is 4.79 Å². The molecule has 1 saturated carbocycles. The van der Waals surface area contributed by atoms with Crippen molar-refractivity contribution in [1.29, 1.82) is 0 Å². The number of benzene rings is 1. The molecule has 0 unspecified atom stereocenters. The van der Waals surface area contributed by atoms with Crippen molar-refractivity contribution in [2.75, 3.05) is 19.5 Å². The van der Waals surface area contributed by atoms with Crippen molar-refractivity contribution in [3.05, 3.63) is 23.2 Å². The number of methoxy groups -OCH3 is 1. The molecule has 1 aromatic carbocycles. The number of amides is 1. The van der Waals surface area contributed by atoms with E-state index >= 15 is 0 Å². The van der Waals surface area contributed by atoms with Crippen molar-refractivity contribution >= 4 is 40.3 Å². The molecule has 1 heterocycles. The molecule has 0 aliphatic heterocycles. The van der Waals surface area contributed by atoms with Crippen molar-refractivity contribution in [2.45, 2.75) is 50.4 Å². The summed E-state index contributed by atoms with van der Waals surface area (Å²) in [6.07, 6.45) is 4.57. The molecule has 1 aliphatic rings. The normalized spacial score (nSPS) is 20.4. The summed E-state index contributed by atoms with van der Waals surface area (Å²) in [7, 11) is 1.68. The predicted octanol–water partition coefficient (Wildman–Crippen LogP) is 4.12. The minimum absolute atomic E-state index is 0.0814. The van der Waals surface area contributed by atoms with Gasteiger partial charge in [0, 0.05) is 24.7 Å². The number of rotatable bonds is 7. The Bertz CT molecular complexity index is 757. The zero-order valence-corrected chi connectivity index (χ0v) is 16.9. The molecule has 0 atom stereocenters. The molecule has 5 nitrogen and oxygen atoms in total. The Morgan fingerprint density at radius 2 is 2.15 bits per heavy atom. The van der Waals surface area contributed by atoms with Crippen LogP contribution in [0.2, 0.25) is 5.02 Å². The highest BCUT2D eigenvalue weighted by Gasteiger charge is 2.20. The maximum Gasteiger partial charge on any atom is 0.230 e. The van der Waals surface area contributed by atoms with Crippen LogP contribution in [0, 0.1) is 5.92 Å². The molecular formula is C19H26ClN3O2S. The Kier molecular flexibility index (Phi) is 6.84. The van der Waals surface area contributed by atoms with Gasteiger partial charge in [0.15, 0.2) is 5.16 Å². The molecule has 1 N–H and O–H groups in total. The van der Waals surface area contributed by atoms with E-state index in [4.69, 9.17) is 16.3 Å². The molecule has 142 valence electrons. The second-order valence-electron chi connectivity index (χ2n) is 6.98. The van der Waals surface area contributed by atoms with Crippen molar-refractivity contribution in [3.8, 4) is 0 Å². The number of carbonyl (C=O) groups excluding carboxylic acids is 1. The summed E-state index contributed by atoms with van der Waals surface area (Å²) < 4.78 is 7.31. The van der Waals surface area contributed by atoms with E-state index in [-0.39, 0.29) is 5.91 Å². The Balaban J connectivity index is 1.64. The second kappa shape index (κ2) is 9.11. The number of thioether (sulfide) groups is 1. The Labute approximate surface area is 163 Å². The highest BCUT2D eigenvalue weighted by atomic mass is 35.5. The molecule has 2 aromatic rings. The average molecular weight is 396 g/mol. The van der Waals surface area contributed by atoms with Gasteiger partial charge in [0.2, 0.25) is 5.91 Å². The maximum atomic E-state index is 12.3. The lowest BCUT2D eigenvalue weighted by molar-refractivity contribution is -0.119. The van der Waals surface area contributed by atoms with Crippen LogP contribution in [0.5, 0.6) is 0 Å². The molecule has 0 radical (unpaired) electrons. The van der Waals surface area contributed by atoms with E-state index in [2.05, 4.69) is 21.8 Å². The number of imidazole rings is 1. The number of aromatic nitrogens is 2. The molecule has 1 aromatic heterocycles. The summed E-state index contributed by atoms with van der Waals surface area (Å²) >= 11 is 7.55. The number of nitrogens with one attached hydrogen (secondary N) is 1. The number of fused-ring (bicyclic) bond motifs is 1. The molecule has 3 rings (SSSR count). The molecule has 1 fully saturated rings. The van der Waals surface area contributed by atoms with Gasteiger partial charge in [-0.25, -0.2) is 4.98 Å². The van der Waals surface area contributed by atoms with E-state index in [1.54, 1.807) is 7.11 Å². The number of nitrogens with zero attached hydrogens (tertiary/aromatic N) is 2. The zero-order valence-electron chi connectivity index (χ0n) is 15.3. The molecule has 1 amide bonds. The highest BCUT2D eigenvalue weighted by molar-refractivity contribution is 7.99. The molecule has 0 saturated heterocycles. The fourth-order valence-corrected chi connectivity index (χ4v) is 4.41. The van der Waals surface area contributed by atoms with Gasteiger partial charge in [-0.15, -0.1) is 0 Å². The lowest BCUT2D eigenvalue weighted by Crippen LogP contribution is -2.38. The Hall–Kier alpha value is -1.24. The van der Waals surface area contributed by atoms with Gasteiger partial charge in [-0.1, -0.05) is 30.3 Å². The van der Waals surface area contributed by atoms with Crippen LogP contribution in [0.1, 0.15) is 32.6 Å². The second-order valence-corrected chi connectivity index (χ2v) is 8.36. The largest absolute Gasteiger partial charge is 0.383 e. The zero-order chi connectivity index (χ0) is 18.5. The highest BCUT2D eigenvalue weighted by Crippen LogP contribution is 2.27. The first-order valence-corrected chi connectivity index (χ1v) is 10.5. The third-order valence-electron chi connectivity index (χ3n) is 4.91. The van der Waals surface area contributed by atoms with E-state index in [1.165, 1.54) is 24.6 Å². The number of hydrogen-bond donors (Lipinski definition) is 1. The van der Waals surface area contributed by atoms with Crippen molar-refractivity contribution in [2.24, 2.45) is 5.92 Å². The lowest BCUT2D eigenvalue weighted by Gasteiger charge is -2.26. The standard InChI is InChI=1S/C19H26ClN3O2S/c1-13-3-6-15(7-4-13)21-18(24)12-26-19-22-16-11-14(20)5-8-17(16)23(19)9-10-25-2/h5,8,11,13,15H,3-4,6-7,9-10,12H2,1-2H3,(H,21,24). The van der Waals surface area contributed by atoms with Gasteiger partial charge in [-0.05, 0) is 49.8 Å². The summed E-state index contributed by atoms with van der Waals surface area (Å²) in [5.41, 5.74) is 1.86. The van der Waals surface area contributed by atoms with E-state index in [1.807, 2.05) is 18.2 Å². The fourth-order valence-electron chi connectivity index (χ4n) is 3.39. The van der Waals surface area contributed by atoms with E-state index in [0.717, 1.165) is 34.9 Å². The van der Waals surface area contributed by atoms with Gasteiger partial charge in [0.05, 0.1) is 23.4 Å². The summed E-state index contributed by atoms with van der Waals surface area (Å²) in [5.74, 6) is 1.23. The van der Waals surface area contributed by atoms with Crippen LogP contribution in [0.3, 0.4) is 0 Å². The third-order valence-corrected chi connectivity index (χ3v) is 6.12. The Morgan fingerprint density at radius 1 is 1.38 bits per heavy atom. The van der Waals surface area contributed by atoms with Gasteiger partial charge < -0.3 is 14.6 Å². The first-order valence-electron chi connectivity index (χ1n) is 9.13. The van der Waals surface area contributed by atoms with Gasteiger partial charge >= 0.3 is 0 Å². The number of hydrogen-bond acceptors (Lipinski definition) is 4. The minimum atomic E-state index is 0.0814. The van der Waals surface area contributed by atoms with Crippen LogP contribution in [-0.4, -0.2) is 41.0 Å². The molecular weight excluding hydrogens is 370 g/mol. The van der Waals surface area contributed by atoms with Gasteiger partial charge in [0.25, 0.3) is 0 Å². The maximum absolute atomic E-state index is 12.3. The van der Waals surface area contributed by atoms with Crippen LogP contribution in [0.15, 0.2) is 23.4 Å². The van der Waals surface area contributed by atoms with Crippen LogP contribution >= 0.6 is 23.4 Å². The topological polar surface area (TPSA) is 56.1 Å². The molecule has 0 bridgehead atoms. The van der Waals surface area contributed by atoms with Crippen LogP contribution in [0.4, 0.5) is 0 Å². The minimum Gasteiger partial charge on any atom is -0.383 e. The quantitative estimate of drug-likeness (QED) is 0.716.